The van der Waals surface area contributed by atoms with Gasteiger partial charge in [-0.25, -0.2) is 0 Å². The van der Waals surface area contributed by atoms with Gasteiger partial charge in [0.1, 0.15) is 0 Å². The van der Waals surface area contributed by atoms with Gasteiger partial charge in [0.15, 0.2) is 0 Å². The lowest BCUT2D eigenvalue weighted by atomic mass is 10.1. The van der Waals surface area contributed by atoms with Gasteiger partial charge in [-0.3, -0.25) is 9.69 Å². The minimum Gasteiger partial charge on any atom is -0.371 e. The van der Waals surface area contributed by atoms with Crippen molar-refractivity contribution in [3.63, 3.8) is 0 Å². The highest BCUT2D eigenvalue weighted by Gasteiger charge is 2.22. The zero-order chi connectivity index (χ0) is 15.5. The van der Waals surface area contributed by atoms with E-state index in [2.05, 4.69) is 4.90 Å². The molecule has 1 saturated heterocycles. The molecule has 0 unspecified atom stereocenters. The predicted molar refractivity (Wildman–Crippen MR) is 87.1 cm³/mol. The van der Waals surface area contributed by atoms with Crippen molar-refractivity contribution in [3.8, 4) is 0 Å². The summed E-state index contributed by atoms with van der Waals surface area (Å²) in [5.74, 6) is 0. The zero-order valence-electron chi connectivity index (χ0n) is 12.5. The Morgan fingerprint density at radius 3 is 2.77 bits per heavy atom. The van der Waals surface area contributed by atoms with Gasteiger partial charge < -0.3 is 9.30 Å². The molecule has 22 heavy (non-hydrogen) atoms. The highest BCUT2D eigenvalue weighted by molar-refractivity contribution is 6.30. The minimum atomic E-state index is 0.0278. The van der Waals surface area contributed by atoms with Gasteiger partial charge in [0.25, 0.3) is 5.56 Å². The SMILES string of the molecule is Cn1ccc(CN2CCO[C@H](c3ccc(Cl)cc3)C2)cc1=O. The van der Waals surface area contributed by atoms with Crippen molar-refractivity contribution in [2.45, 2.75) is 12.6 Å². The molecule has 3 rings (SSSR count). The summed E-state index contributed by atoms with van der Waals surface area (Å²) >= 11 is 5.93. The van der Waals surface area contributed by atoms with Gasteiger partial charge >= 0.3 is 0 Å². The molecule has 0 N–H and O–H groups in total. The lowest BCUT2D eigenvalue weighted by Crippen LogP contribution is -2.38. The normalized spacial score (nSPS) is 19.3. The lowest BCUT2D eigenvalue weighted by Gasteiger charge is -2.33. The Morgan fingerprint density at radius 1 is 1.27 bits per heavy atom. The molecule has 0 bridgehead atoms. The van der Waals surface area contributed by atoms with Crippen LogP contribution in [0, 0.1) is 0 Å². The highest BCUT2D eigenvalue weighted by Crippen LogP contribution is 2.24. The van der Waals surface area contributed by atoms with E-state index in [9.17, 15) is 4.79 Å². The van der Waals surface area contributed by atoms with Crippen molar-refractivity contribution in [1.82, 2.24) is 9.47 Å². The summed E-state index contributed by atoms with van der Waals surface area (Å²) in [6.45, 7) is 3.15. The lowest BCUT2D eigenvalue weighted by molar-refractivity contribution is -0.0329. The van der Waals surface area contributed by atoms with Gasteiger partial charge in [0, 0.05) is 44.0 Å². The van der Waals surface area contributed by atoms with Crippen LogP contribution < -0.4 is 5.56 Å². The first-order valence-corrected chi connectivity index (χ1v) is 7.74. The smallest absolute Gasteiger partial charge is 0.250 e. The van der Waals surface area contributed by atoms with Crippen LogP contribution in [-0.2, 0) is 18.3 Å². The molecule has 1 aliphatic rings. The van der Waals surface area contributed by atoms with Gasteiger partial charge in [0.05, 0.1) is 12.7 Å². The molecule has 2 aromatic rings. The standard InChI is InChI=1S/C17H19ClN2O2/c1-19-7-6-13(10-17(19)21)11-20-8-9-22-16(12-20)14-2-4-15(18)5-3-14/h2-7,10,16H,8-9,11-12H2,1H3/t16-/m0/s1. The van der Waals surface area contributed by atoms with Gasteiger partial charge in [0.2, 0.25) is 0 Å². The number of hydrogen-bond acceptors (Lipinski definition) is 3. The van der Waals surface area contributed by atoms with E-state index in [1.54, 1.807) is 17.7 Å². The van der Waals surface area contributed by atoms with Crippen LogP contribution in [0.15, 0.2) is 47.4 Å². The van der Waals surface area contributed by atoms with E-state index in [-0.39, 0.29) is 11.7 Å². The summed E-state index contributed by atoms with van der Waals surface area (Å²) in [5, 5.41) is 0.733. The molecule has 116 valence electrons. The highest BCUT2D eigenvalue weighted by atomic mass is 35.5. The van der Waals surface area contributed by atoms with E-state index >= 15 is 0 Å². The van der Waals surface area contributed by atoms with Crippen LogP contribution in [0.3, 0.4) is 0 Å². The van der Waals surface area contributed by atoms with E-state index in [0.29, 0.717) is 6.61 Å². The van der Waals surface area contributed by atoms with Gasteiger partial charge in [-0.2, -0.15) is 0 Å². The monoisotopic (exact) mass is 318 g/mol. The molecule has 0 spiro atoms. The van der Waals surface area contributed by atoms with Gasteiger partial charge in [-0.05, 0) is 29.3 Å². The third kappa shape index (κ3) is 3.58. The summed E-state index contributed by atoms with van der Waals surface area (Å²) in [5.41, 5.74) is 2.21. The number of aryl methyl sites for hydroxylation is 1. The van der Waals surface area contributed by atoms with Crippen molar-refractivity contribution in [2.75, 3.05) is 19.7 Å². The first kappa shape index (κ1) is 15.3. The zero-order valence-corrected chi connectivity index (χ0v) is 13.3. The Bertz CT molecular complexity index is 697. The molecule has 4 nitrogen and oxygen atoms in total. The summed E-state index contributed by atoms with van der Waals surface area (Å²) < 4.78 is 7.45. The molecular weight excluding hydrogens is 300 g/mol. The van der Waals surface area contributed by atoms with E-state index < -0.39 is 0 Å². The van der Waals surface area contributed by atoms with E-state index in [4.69, 9.17) is 16.3 Å². The number of ether oxygens (including phenoxy) is 1. The Kier molecular flexibility index (Phi) is 4.62. The largest absolute Gasteiger partial charge is 0.371 e. The fourth-order valence-corrected chi connectivity index (χ4v) is 2.80. The van der Waals surface area contributed by atoms with Crippen LogP contribution >= 0.6 is 11.6 Å². The number of nitrogens with zero attached hydrogens (tertiary/aromatic N) is 2. The summed E-state index contributed by atoms with van der Waals surface area (Å²) in [6, 6.07) is 11.5. The number of aromatic nitrogens is 1. The third-order valence-corrected chi connectivity index (χ3v) is 4.22. The molecule has 2 heterocycles. The molecule has 0 aliphatic carbocycles. The van der Waals surface area contributed by atoms with Crippen LogP contribution in [0.1, 0.15) is 17.2 Å². The molecular formula is C17H19ClN2O2. The minimum absolute atomic E-state index is 0.0278. The fourth-order valence-electron chi connectivity index (χ4n) is 2.67. The number of halogens is 1. The second-order valence-corrected chi connectivity index (χ2v) is 6.07. The molecule has 0 saturated carbocycles. The summed E-state index contributed by atoms with van der Waals surface area (Å²) in [7, 11) is 1.76. The predicted octanol–water partition coefficient (Wildman–Crippen LogP) is 2.61. The number of morpholine rings is 1. The number of benzene rings is 1. The van der Waals surface area contributed by atoms with Crippen molar-refractivity contribution in [3.05, 3.63) is 69.1 Å². The molecule has 1 atom stereocenters. The molecule has 0 amide bonds. The molecule has 1 aromatic heterocycles. The topological polar surface area (TPSA) is 34.5 Å². The van der Waals surface area contributed by atoms with Crippen molar-refractivity contribution in [1.29, 1.82) is 0 Å². The first-order chi connectivity index (χ1) is 10.6. The van der Waals surface area contributed by atoms with Gasteiger partial charge in [-0.1, -0.05) is 23.7 Å². The van der Waals surface area contributed by atoms with Crippen LogP contribution in [0.4, 0.5) is 0 Å². The summed E-state index contributed by atoms with van der Waals surface area (Å²) in [4.78, 5) is 14.0. The third-order valence-electron chi connectivity index (χ3n) is 3.97. The average Bonchev–Trinajstić information content (AvgIpc) is 2.52. The van der Waals surface area contributed by atoms with Crippen LogP contribution in [0.5, 0.6) is 0 Å². The average molecular weight is 319 g/mol. The maximum Gasteiger partial charge on any atom is 0.250 e. The maximum atomic E-state index is 11.7. The molecule has 1 aliphatic heterocycles. The second-order valence-electron chi connectivity index (χ2n) is 5.63. The molecule has 1 fully saturated rings. The fraction of sp³-hybridized carbons (Fsp3) is 0.353. The second kappa shape index (κ2) is 6.65. The van der Waals surface area contributed by atoms with Crippen LogP contribution in [-0.4, -0.2) is 29.2 Å². The van der Waals surface area contributed by atoms with E-state index in [1.165, 1.54) is 0 Å². The Balaban J connectivity index is 1.68. The van der Waals surface area contributed by atoms with E-state index in [0.717, 1.165) is 35.8 Å². The summed E-state index contributed by atoms with van der Waals surface area (Å²) in [6.07, 6.45) is 1.87. The Labute approximate surface area is 134 Å². The van der Waals surface area contributed by atoms with Gasteiger partial charge in [-0.15, -0.1) is 0 Å². The molecule has 0 radical (unpaired) electrons. The molecule has 1 aromatic carbocycles. The van der Waals surface area contributed by atoms with Crippen molar-refractivity contribution < 1.29 is 4.74 Å². The van der Waals surface area contributed by atoms with Crippen molar-refractivity contribution >= 4 is 11.6 Å². The quantitative estimate of drug-likeness (QED) is 0.872. The van der Waals surface area contributed by atoms with Crippen LogP contribution in [0.2, 0.25) is 5.02 Å². The van der Waals surface area contributed by atoms with E-state index in [1.807, 2.05) is 36.5 Å². The Hall–Kier alpha value is -1.62. The number of rotatable bonds is 3. The number of pyridine rings is 1. The number of hydrogen-bond donors (Lipinski definition) is 0. The van der Waals surface area contributed by atoms with Crippen LogP contribution in [0.25, 0.3) is 0 Å². The van der Waals surface area contributed by atoms with Crippen molar-refractivity contribution in [2.24, 2.45) is 7.05 Å². The molecule has 5 heteroatoms. The Morgan fingerprint density at radius 2 is 2.05 bits per heavy atom. The first-order valence-electron chi connectivity index (χ1n) is 7.37. The maximum absolute atomic E-state index is 11.7.